The van der Waals surface area contributed by atoms with Crippen LogP contribution in [0, 0.1) is 11.8 Å². The maximum atomic E-state index is 13.1. The number of esters is 1. The number of fused-ring (bicyclic) bond motifs is 1. The van der Waals surface area contributed by atoms with E-state index in [2.05, 4.69) is 11.8 Å². The van der Waals surface area contributed by atoms with Gasteiger partial charge in [0.05, 0.1) is 18.7 Å². The summed E-state index contributed by atoms with van der Waals surface area (Å²) in [5.74, 6) is 11.3. The van der Waals surface area contributed by atoms with Crippen molar-refractivity contribution in [2.75, 3.05) is 6.54 Å². The van der Waals surface area contributed by atoms with E-state index >= 15 is 0 Å². The molecule has 0 amide bonds. The van der Waals surface area contributed by atoms with Crippen molar-refractivity contribution >= 4 is 16.7 Å². The fourth-order valence-electron chi connectivity index (χ4n) is 3.16. The van der Waals surface area contributed by atoms with Gasteiger partial charge in [0.2, 0.25) is 0 Å². The predicted octanol–water partition coefficient (Wildman–Crippen LogP) is 2.96. The summed E-state index contributed by atoms with van der Waals surface area (Å²) in [4.78, 5) is 25.3. The fourth-order valence-corrected chi connectivity index (χ4v) is 3.16. The molecule has 1 heterocycles. The molecule has 170 valence electrons. The first-order chi connectivity index (χ1) is 15.7. The highest BCUT2D eigenvalue weighted by molar-refractivity contribution is 5.89. The molecule has 2 aromatic carbocycles. The Bertz CT molecular complexity index is 1290. The van der Waals surface area contributed by atoms with Gasteiger partial charge in [-0.25, -0.2) is 10.6 Å². The molecule has 7 heteroatoms. The lowest BCUT2D eigenvalue weighted by atomic mass is 10.1. The molecule has 0 saturated heterocycles. The van der Waals surface area contributed by atoms with Gasteiger partial charge in [-0.3, -0.25) is 4.79 Å². The number of rotatable bonds is 5. The van der Waals surface area contributed by atoms with Crippen molar-refractivity contribution in [1.29, 1.82) is 0 Å². The van der Waals surface area contributed by atoms with Gasteiger partial charge in [0, 0.05) is 29.5 Å². The lowest BCUT2D eigenvalue weighted by molar-refractivity contribution is 0.00695. The van der Waals surface area contributed by atoms with Crippen LogP contribution in [0.3, 0.4) is 0 Å². The van der Waals surface area contributed by atoms with Crippen LogP contribution in [-0.2, 0) is 11.3 Å². The minimum absolute atomic E-state index is 0.112. The van der Waals surface area contributed by atoms with Gasteiger partial charge in [-0.2, -0.15) is 0 Å². The maximum Gasteiger partial charge on any atom is 0.338 e. The van der Waals surface area contributed by atoms with E-state index in [1.807, 2.05) is 51.1 Å². The van der Waals surface area contributed by atoms with Crippen molar-refractivity contribution < 1.29 is 9.53 Å². The number of carbonyl (C=O) groups is 1. The van der Waals surface area contributed by atoms with Gasteiger partial charge < -0.3 is 20.0 Å². The van der Waals surface area contributed by atoms with Crippen molar-refractivity contribution in [3.63, 3.8) is 0 Å². The highest BCUT2D eigenvalue weighted by Gasteiger charge is 2.17. The highest BCUT2D eigenvalue weighted by Crippen LogP contribution is 2.15. The Balaban J connectivity index is 1.80. The number of nitrogens with two attached hydrogens (primary N) is 2. The van der Waals surface area contributed by atoms with E-state index in [4.69, 9.17) is 16.3 Å². The van der Waals surface area contributed by atoms with Gasteiger partial charge in [0.1, 0.15) is 5.60 Å². The molecule has 0 spiro atoms. The van der Waals surface area contributed by atoms with Crippen LogP contribution in [0.4, 0.5) is 0 Å². The molecule has 3 rings (SSSR count). The summed E-state index contributed by atoms with van der Waals surface area (Å²) in [5.41, 5.74) is 6.73. The van der Waals surface area contributed by atoms with E-state index in [0.29, 0.717) is 24.0 Å². The second-order valence-corrected chi connectivity index (χ2v) is 8.57. The second kappa shape index (κ2) is 10.1. The molecule has 4 N–H and O–H groups in total. The molecule has 0 radical (unpaired) electrons. The van der Waals surface area contributed by atoms with Crippen LogP contribution in [0.25, 0.3) is 10.8 Å². The summed E-state index contributed by atoms with van der Waals surface area (Å²) in [6.45, 7) is 6.17. The predicted molar refractivity (Wildman–Crippen MR) is 130 cm³/mol. The van der Waals surface area contributed by atoms with Crippen LogP contribution in [0.1, 0.15) is 42.3 Å². The van der Waals surface area contributed by atoms with E-state index in [1.165, 1.54) is 17.4 Å². The lowest BCUT2D eigenvalue weighted by Crippen LogP contribution is -2.25. The molecule has 0 fully saturated rings. The number of ether oxygens (including phenoxy) is 1. The van der Waals surface area contributed by atoms with E-state index < -0.39 is 5.60 Å². The molecule has 33 heavy (non-hydrogen) atoms. The number of hydrogen-bond acceptors (Lipinski definition) is 6. The Hall–Kier alpha value is -4.02. The van der Waals surface area contributed by atoms with E-state index in [1.54, 1.807) is 29.0 Å². The number of benzene rings is 2. The molecule has 0 bridgehead atoms. The van der Waals surface area contributed by atoms with Crippen LogP contribution in [0.5, 0.6) is 0 Å². The maximum absolute atomic E-state index is 13.1. The Morgan fingerprint density at radius 2 is 1.88 bits per heavy atom. The molecule has 0 unspecified atom stereocenters. The third-order valence-corrected chi connectivity index (χ3v) is 4.69. The zero-order valence-corrected chi connectivity index (χ0v) is 19.0. The quantitative estimate of drug-likeness (QED) is 0.271. The summed E-state index contributed by atoms with van der Waals surface area (Å²) < 4.78 is 7.02. The molecule has 3 aromatic rings. The van der Waals surface area contributed by atoms with Gasteiger partial charge in [-0.1, -0.05) is 30.0 Å². The molecule has 0 aliphatic heterocycles. The van der Waals surface area contributed by atoms with Crippen LogP contribution < -0.4 is 17.1 Å². The highest BCUT2D eigenvalue weighted by atomic mass is 16.6. The van der Waals surface area contributed by atoms with Crippen molar-refractivity contribution in [3.8, 4) is 11.8 Å². The molecular formula is C26H28N4O3. The zero-order chi connectivity index (χ0) is 24.0. The third kappa shape index (κ3) is 6.48. The first-order valence-electron chi connectivity index (χ1n) is 10.5. The summed E-state index contributed by atoms with van der Waals surface area (Å²) in [5, 5.41) is 2.80. The zero-order valence-electron chi connectivity index (χ0n) is 19.0. The molecule has 1 aromatic heterocycles. The van der Waals surface area contributed by atoms with E-state index in [0.717, 1.165) is 16.5 Å². The van der Waals surface area contributed by atoms with Crippen LogP contribution in [-0.4, -0.2) is 27.7 Å². The summed E-state index contributed by atoms with van der Waals surface area (Å²) in [6.07, 6.45) is 4.63. The van der Waals surface area contributed by atoms with Gasteiger partial charge >= 0.3 is 5.97 Å². The van der Waals surface area contributed by atoms with E-state index in [9.17, 15) is 9.59 Å². The summed E-state index contributed by atoms with van der Waals surface area (Å²) >= 11 is 0. The summed E-state index contributed by atoms with van der Waals surface area (Å²) in [7, 11) is 0. The lowest BCUT2D eigenvalue weighted by Gasteiger charge is -2.19. The van der Waals surface area contributed by atoms with Gasteiger partial charge in [0.25, 0.3) is 5.56 Å². The largest absolute Gasteiger partial charge is 0.456 e. The normalized spacial score (nSPS) is 11.3. The molecule has 7 nitrogen and oxygen atoms in total. The number of nitrogens with zero attached hydrogens (tertiary/aromatic N) is 2. The van der Waals surface area contributed by atoms with Gasteiger partial charge in [-0.15, -0.1) is 0 Å². The minimum atomic E-state index is -0.553. The molecule has 0 aliphatic rings. The first-order valence-corrected chi connectivity index (χ1v) is 10.5. The SMILES string of the molecule is CC(C)(C)OC(=O)c1ccc(Cn2ccc3ccc(C#CCN(N)/C=C\N)cc3c2=O)cc1. The third-order valence-electron chi connectivity index (χ3n) is 4.69. The number of hydrogen-bond donors (Lipinski definition) is 2. The Morgan fingerprint density at radius 1 is 1.15 bits per heavy atom. The van der Waals surface area contributed by atoms with Crippen molar-refractivity contribution in [2.45, 2.75) is 32.9 Å². The van der Waals surface area contributed by atoms with Crippen molar-refractivity contribution in [2.24, 2.45) is 11.6 Å². The van der Waals surface area contributed by atoms with Crippen molar-refractivity contribution in [3.05, 3.63) is 94.2 Å². The van der Waals surface area contributed by atoms with Crippen LogP contribution >= 0.6 is 0 Å². The Labute approximate surface area is 193 Å². The minimum Gasteiger partial charge on any atom is -0.456 e. The Kier molecular flexibility index (Phi) is 7.21. The van der Waals surface area contributed by atoms with Crippen LogP contribution in [0.2, 0.25) is 0 Å². The smallest absolute Gasteiger partial charge is 0.338 e. The topological polar surface area (TPSA) is 104 Å². The molecular weight excluding hydrogens is 416 g/mol. The number of pyridine rings is 1. The van der Waals surface area contributed by atoms with Crippen LogP contribution in [0.15, 0.2) is 71.9 Å². The van der Waals surface area contributed by atoms with E-state index in [-0.39, 0.29) is 11.5 Å². The molecule has 0 aliphatic carbocycles. The second-order valence-electron chi connectivity index (χ2n) is 8.57. The summed E-state index contributed by atoms with van der Waals surface area (Å²) in [6, 6.07) is 14.5. The number of carbonyl (C=O) groups excluding carboxylic acids is 1. The van der Waals surface area contributed by atoms with Gasteiger partial charge in [-0.05, 0) is 62.1 Å². The monoisotopic (exact) mass is 444 g/mol. The average Bonchev–Trinajstić information content (AvgIpc) is 2.75. The average molecular weight is 445 g/mol. The fraction of sp³-hybridized carbons (Fsp3) is 0.231. The number of hydrazine groups is 1. The molecule has 0 saturated carbocycles. The Morgan fingerprint density at radius 3 is 2.55 bits per heavy atom. The van der Waals surface area contributed by atoms with Gasteiger partial charge in [0.15, 0.2) is 0 Å². The number of aromatic nitrogens is 1. The standard InChI is InChI=1S/C26H28N4O3/c1-26(2,3)33-25(32)22-10-7-20(8-11-22)18-29-15-12-21-9-6-19(17-23(21)24(29)31)5-4-14-30(28)16-13-27/h6-13,15-17H,14,18,27-28H2,1-3H3/b16-13-. The van der Waals surface area contributed by atoms with Crippen molar-refractivity contribution in [1.82, 2.24) is 9.58 Å². The first kappa shape index (κ1) is 23.6. The molecule has 0 atom stereocenters.